The van der Waals surface area contributed by atoms with E-state index in [9.17, 15) is 0 Å². The third-order valence-corrected chi connectivity index (χ3v) is 2.80. The molecular weight excluding hydrogens is 198 g/mol. The number of aromatic nitrogens is 1. The van der Waals surface area contributed by atoms with E-state index in [1.165, 1.54) is 16.5 Å². The fourth-order valence-corrected chi connectivity index (χ4v) is 1.95. The summed E-state index contributed by atoms with van der Waals surface area (Å²) in [5.74, 6) is 0. The SMILES string of the molecule is CC(C)NCc1cn(C)c2ccc(N)cc12. The normalized spacial score (nSPS) is 11.5. The second-order valence-corrected chi connectivity index (χ2v) is 4.58. The van der Waals surface area contributed by atoms with Crippen LogP contribution in [0.1, 0.15) is 19.4 Å². The highest BCUT2D eigenvalue weighted by Gasteiger charge is 2.06. The Kier molecular flexibility index (Phi) is 2.88. The molecule has 1 aromatic heterocycles. The monoisotopic (exact) mass is 217 g/mol. The molecule has 2 aromatic rings. The van der Waals surface area contributed by atoms with Gasteiger partial charge in [0.25, 0.3) is 0 Å². The molecule has 0 unspecified atom stereocenters. The summed E-state index contributed by atoms with van der Waals surface area (Å²) in [6.07, 6.45) is 2.17. The van der Waals surface area contributed by atoms with Crippen LogP contribution in [0.3, 0.4) is 0 Å². The van der Waals surface area contributed by atoms with Gasteiger partial charge in [-0.1, -0.05) is 13.8 Å². The lowest BCUT2D eigenvalue weighted by molar-refractivity contribution is 0.590. The summed E-state index contributed by atoms with van der Waals surface area (Å²) in [4.78, 5) is 0. The van der Waals surface area contributed by atoms with Crippen LogP contribution in [0.5, 0.6) is 0 Å². The molecular formula is C13H19N3. The number of nitrogen functional groups attached to an aromatic ring is 1. The van der Waals surface area contributed by atoms with Crippen molar-refractivity contribution in [2.24, 2.45) is 7.05 Å². The lowest BCUT2D eigenvalue weighted by Gasteiger charge is -2.06. The minimum absolute atomic E-state index is 0.497. The zero-order valence-electron chi connectivity index (χ0n) is 10.1. The molecule has 3 nitrogen and oxygen atoms in total. The predicted octanol–water partition coefficient (Wildman–Crippen LogP) is 2.26. The fourth-order valence-electron chi connectivity index (χ4n) is 1.95. The van der Waals surface area contributed by atoms with Gasteiger partial charge in [-0.3, -0.25) is 0 Å². The molecule has 2 rings (SSSR count). The van der Waals surface area contributed by atoms with E-state index in [1.807, 2.05) is 12.1 Å². The third kappa shape index (κ3) is 2.04. The average Bonchev–Trinajstić information content (AvgIpc) is 2.52. The van der Waals surface area contributed by atoms with Crippen LogP contribution in [-0.4, -0.2) is 10.6 Å². The van der Waals surface area contributed by atoms with Crippen molar-refractivity contribution in [2.75, 3.05) is 5.73 Å². The van der Waals surface area contributed by atoms with E-state index in [1.54, 1.807) is 0 Å². The van der Waals surface area contributed by atoms with Gasteiger partial charge in [0.05, 0.1) is 0 Å². The van der Waals surface area contributed by atoms with Crippen molar-refractivity contribution in [1.82, 2.24) is 9.88 Å². The van der Waals surface area contributed by atoms with Crippen molar-refractivity contribution in [1.29, 1.82) is 0 Å². The highest BCUT2D eigenvalue weighted by Crippen LogP contribution is 2.23. The van der Waals surface area contributed by atoms with E-state index in [0.29, 0.717) is 6.04 Å². The molecule has 0 saturated carbocycles. The highest BCUT2D eigenvalue weighted by atomic mass is 14.9. The van der Waals surface area contributed by atoms with E-state index < -0.39 is 0 Å². The van der Waals surface area contributed by atoms with Crippen molar-refractivity contribution < 1.29 is 0 Å². The third-order valence-electron chi connectivity index (χ3n) is 2.80. The van der Waals surface area contributed by atoms with Gasteiger partial charge in [0, 0.05) is 42.4 Å². The van der Waals surface area contributed by atoms with Crippen LogP contribution in [-0.2, 0) is 13.6 Å². The standard InChI is InChI=1S/C13H19N3/c1-9(2)15-7-10-8-16(3)13-5-4-11(14)6-12(10)13/h4-6,8-9,15H,7,14H2,1-3H3. The number of benzene rings is 1. The summed E-state index contributed by atoms with van der Waals surface area (Å²) in [5.41, 5.74) is 9.19. The Hall–Kier alpha value is -1.48. The average molecular weight is 217 g/mol. The van der Waals surface area contributed by atoms with Crippen molar-refractivity contribution in [3.8, 4) is 0 Å². The van der Waals surface area contributed by atoms with Crippen molar-refractivity contribution in [2.45, 2.75) is 26.4 Å². The quantitative estimate of drug-likeness (QED) is 0.774. The molecule has 1 heterocycles. The van der Waals surface area contributed by atoms with Crippen molar-refractivity contribution in [3.63, 3.8) is 0 Å². The molecule has 0 amide bonds. The van der Waals surface area contributed by atoms with E-state index in [4.69, 9.17) is 5.73 Å². The number of anilines is 1. The minimum atomic E-state index is 0.497. The summed E-state index contributed by atoms with van der Waals surface area (Å²) in [6.45, 7) is 5.19. The van der Waals surface area contributed by atoms with Crippen LogP contribution in [0.25, 0.3) is 10.9 Å². The van der Waals surface area contributed by atoms with Crippen LogP contribution < -0.4 is 11.1 Å². The smallest absolute Gasteiger partial charge is 0.0482 e. The van der Waals surface area contributed by atoms with Crippen molar-refractivity contribution >= 4 is 16.6 Å². The number of rotatable bonds is 3. The number of fused-ring (bicyclic) bond motifs is 1. The van der Waals surface area contributed by atoms with Crippen LogP contribution in [0.4, 0.5) is 5.69 Å². The molecule has 3 N–H and O–H groups in total. The molecule has 0 aliphatic carbocycles. The number of nitrogens with zero attached hydrogens (tertiary/aromatic N) is 1. The Morgan fingerprint density at radius 1 is 1.38 bits per heavy atom. The lowest BCUT2D eigenvalue weighted by atomic mass is 10.1. The molecule has 16 heavy (non-hydrogen) atoms. The van der Waals surface area contributed by atoms with Gasteiger partial charge in [-0.25, -0.2) is 0 Å². The minimum Gasteiger partial charge on any atom is -0.399 e. The lowest BCUT2D eigenvalue weighted by Crippen LogP contribution is -2.21. The van der Waals surface area contributed by atoms with Crippen LogP contribution >= 0.6 is 0 Å². The summed E-state index contributed by atoms with van der Waals surface area (Å²) < 4.78 is 2.14. The van der Waals surface area contributed by atoms with Gasteiger partial charge in [-0.2, -0.15) is 0 Å². The van der Waals surface area contributed by atoms with E-state index in [2.05, 4.69) is 43.0 Å². The second-order valence-electron chi connectivity index (χ2n) is 4.58. The molecule has 1 aromatic carbocycles. The molecule has 0 aliphatic heterocycles. The molecule has 0 aliphatic rings. The van der Waals surface area contributed by atoms with Gasteiger partial charge in [0.1, 0.15) is 0 Å². The molecule has 0 fully saturated rings. The number of hydrogen-bond acceptors (Lipinski definition) is 2. The second kappa shape index (κ2) is 4.18. The van der Waals surface area contributed by atoms with Gasteiger partial charge in [-0.05, 0) is 23.8 Å². The molecule has 0 radical (unpaired) electrons. The molecule has 86 valence electrons. The largest absolute Gasteiger partial charge is 0.399 e. The maximum atomic E-state index is 5.83. The Morgan fingerprint density at radius 3 is 2.81 bits per heavy atom. The number of hydrogen-bond donors (Lipinski definition) is 2. The van der Waals surface area contributed by atoms with Crippen molar-refractivity contribution in [3.05, 3.63) is 30.0 Å². The molecule has 0 atom stereocenters. The Bertz CT molecular complexity index is 497. The first-order valence-corrected chi connectivity index (χ1v) is 5.64. The van der Waals surface area contributed by atoms with Gasteiger partial charge in [-0.15, -0.1) is 0 Å². The maximum Gasteiger partial charge on any atom is 0.0482 e. The van der Waals surface area contributed by atoms with Crippen LogP contribution in [0.15, 0.2) is 24.4 Å². The van der Waals surface area contributed by atoms with E-state index >= 15 is 0 Å². The molecule has 3 heteroatoms. The Labute approximate surface area is 96.2 Å². The van der Waals surface area contributed by atoms with Gasteiger partial charge < -0.3 is 15.6 Å². The van der Waals surface area contributed by atoms with Gasteiger partial charge in [0.15, 0.2) is 0 Å². The number of aryl methyl sites for hydroxylation is 1. The van der Waals surface area contributed by atoms with Gasteiger partial charge in [0.2, 0.25) is 0 Å². The summed E-state index contributed by atoms with van der Waals surface area (Å²) >= 11 is 0. The maximum absolute atomic E-state index is 5.83. The molecule has 0 spiro atoms. The first kappa shape index (κ1) is 11.0. The molecule has 0 bridgehead atoms. The number of nitrogens with one attached hydrogen (secondary N) is 1. The Morgan fingerprint density at radius 2 is 2.12 bits per heavy atom. The summed E-state index contributed by atoms with van der Waals surface area (Å²) in [6, 6.07) is 6.56. The summed E-state index contributed by atoms with van der Waals surface area (Å²) in [5, 5.41) is 4.68. The number of nitrogens with two attached hydrogens (primary N) is 1. The van der Waals surface area contributed by atoms with Gasteiger partial charge >= 0.3 is 0 Å². The first-order valence-electron chi connectivity index (χ1n) is 5.64. The Balaban J connectivity index is 2.41. The zero-order chi connectivity index (χ0) is 11.7. The molecule has 0 saturated heterocycles. The van der Waals surface area contributed by atoms with E-state index in [0.717, 1.165) is 12.2 Å². The summed E-state index contributed by atoms with van der Waals surface area (Å²) in [7, 11) is 2.07. The highest BCUT2D eigenvalue weighted by molar-refractivity contribution is 5.86. The fraction of sp³-hybridized carbons (Fsp3) is 0.385. The zero-order valence-corrected chi connectivity index (χ0v) is 10.1. The topological polar surface area (TPSA) is 43.0 Å². The van der Waals surface area contributed by atoms with Crippen LogP contribution in [0.2, 0.25) is 0 Å². The van der Waals surface area contributed by atoms with Crippen LogP contribution in [0, 0.1) is 0 Å². The van der Waals surface area contributed by atoms with E-state index in [-0.39, 0.29) is 0 Å². The first-order chi connectivity index (χ1) is 7.58. The predicted molar refractivity (Wildman–Crippen MR) is 69.3 cm³/mol.